The van der Waals surface area contributed by atoms with Gasteiger partial charge >= 0.3 is 24.8 Å². The first kappa shape index (κ1) is 14.3. The van der Waals surface area contributed by atoms with Crippen molar-refractivity contribution < 1.29 is 14.3 Å². The van der Waals surface area contributed by atoms with E-state index in [1.807, 2.05) is 0 Å². The Morgan fingerprint density at radius 1 is 1.60 bits per heavy atom. The van der Waals surface area contributed by atoms with Gasteiger partial charge in [-0.25, -0.2) is 4.39 Å². The summed E-state index contributed by atoms with van der Waals surface area (Å²) in [6, 6.07) is 3.22. The molecule has 0 aliphatic rings. The topological polar surface area (TPSA) is 49.3 Å². The molecule has 1 rings (SSSR count). The number of hydrogen-bond donors (Lipinski definition) is 2. The van der Waals surface area contributed by atoms with Crippen LogP contribution in [0.2, 0.25) is 5.02 Å². The third-order valence-electron chi connectivity index (χ3n) is 1.67. The molecule has 0 radical (unpaired) electrons. The standard InChI is InChI=1S/C9H9ClFNO2.Li.H/c1-5(9(13)14)12-6-2-3-8(11)7(10)4-6;;/h2-5,12H,1H3,(H,13,14);;/t5-;;/m0../s1. The Hall–Kier alpha value is -0.693. The van der Waals surface area contributed by atoms with Crippen molar-refractivity contribution in [1.82, 2.24) is 0 Å². The summed E-state index contributed by atoms with van der Waals surface area (Å²) in [5, 5.41) is 11.2. The van der Waals surface area contributed by atoms with E-state index >= 15 is 0 Å². The monoisotopic (exact) mass is 225 g/mol. The fraction of sp³-hybridized carbons (Fsp3) is 0.222. The Morgan fingerprint density at radius 3 is 2.67 bits per heavy atom. The third kappa shape index (κ3) is 4.13. The second-order valence-corrected chi connectivity index (χ2v) is 3.24. The van der Waals surface area contributed by atoms with E-state index in [0.29, 0.717) is 5.69 Å². The molecule has 0 fully saturated rings. The van der Waals surface area contributed by atoms with Crippen LogP contribution >= 0.6 is 11.6 Å². The Bertz CT molecular complexity index is 362. The number of aliphatic carboxylic acids is 1. The molecule has 0 aliphatic heterocycles. The van der Waals surface area contributed by atoms with Crippen LogP contribution in [0.1, 0.15) is 6.92 Å². The van der Waals surface area contributed by atoms with E-state index in [4.69, 9.17) is 16.7 Å². The number of benzene rings is 1. The average Bonchev–Trinajstić information content (AvgIpc) is 2.11. The van der Waals surface area contributed by atoms with E-state index in [0.717, 1.165) is 0 Å². The van der Waals surface area contributed by atoms with E-state index in [9.17, 15) is 9.18 Å². The van der Waals surface area contributed by atoms with Gasteiger partial charge in [-0.05, 0) is 25.1 Å². The molecule has 3 nitrogen and oxygen atoms in total. The summed E-state index contributed by atoms with van der Waals surface area (Å²) in [6.07, 6.45) is 0. The van der Waals surface area contributed by atoms with Gasteiger partial charge in [0.25, 0.3) is 0 Å². The number of nitrogens with one attached hydrogen (secondary N) is 1. The molecule has 1 aromatic rings. The summed E-state index contributed by atoms with van der Waals surface area (Å²) in [6.45, 7) is 1.49. The van der Waals surface area contributed by atoms with Crippen LogP contribution in [0, 0.1) is 5.82 Å². The minimum atomic E-state index is -0.981. The summed E-state index contributed by atoms with van der Waals surface area (Å²) >= 11 is 5.51. The van der Waals surface area contributed by atoms with Crippen molar-refractivity contribution in [2.45, 2.75) is 13.0 Å². The summed E-state index contributed by atoms with van der Waals surface area (Å²) in [5.41, 5.74) is 0.478. The second kappa shape index (κ2) is 6.01. The van der Waals surface area contributed by atoms with Gasteiger partial charge in [-0.1, -0.05) is 11.6 Å². The molecule has 15 heavy (non-hydrogen) atoms. The predicted octanol–water partition coefficient (Wildman–Crippen LogP) is 1.72. The molecule has 0 saturated heterocycles. The number of anilines is 1. The second-order valence-electron chi connectivity index (χ2n) is 2.83. The van der Waals surface area contributed by atoms with Crippen LogP contribution in [0.25, 0.3) is 0 Å². The number of rotatable bonds is 3. The van der Waals surface area contributed by atoms with Gasteiger partial charge in [0, 0.05) is 5.69 Å². The summed E-state index contributed by atoms with van der Waals surface area (Å²) in [7, 11) is 0. The van der Waals surface area contributed by atoms with Gasteiger partial charge in [0.15, 0.2) is 0 Å². The van der Waals surface area contributed by atoms with Gasteiger partial charge in [-0.2, -0.15) is 0 Å². The van der Waals surface area contributed by atoms with Gasteiger partial charge in [0.05, 0.1) is 5.02 Å². The number of hydrogen-bond acceptors (Lipinski definition) is 2. The van der Waals surface area contributed by atoms with Crippen molar-refractivity contribution in [3.05, 3.63) is 29.0 Å². The fourth-order valence-electron chi connectivity index (χ4n) is 0.898. The van der Waals surface area contributed by atoms with Crippen LogP contribution in [0.15, 0.2) is 18.2 Å². The Labute approximate surface area is 104 Å². The Morgan fingerprint density at radius 2 is 2.20 bits per heavy atom. The molecule has 1 atom stereocenters. The van der Waals surface area contributed by atoms with E-state index in [1.165, 1.54) is 25.1 Å². The maximum atomic E-state index is 12.7. The molecule has 0 saturated carbocycles. The zero-order valence-electron chi connectivity index (χ0n) is 7.42. The van der Waals surface area contributed by atoms with Crippen molar-refractivity contribution in [3.8, 4) is 0 Å². The molecule has 0 aromatic heterocycles. The van der Waals surface area contributed by atoms with Crippen molar-refractivity contribution in [1.29, 1.82) is 0 Å². The average molecular weight is 226 g/mol. The summed E-state index contributed by atoms with van der Waals surface area (Å²) < 4.78 is 12.7. The molecule has 0 bridgehead atoms. The minimum absolute atomic E-state index is 0. The molecule has 6 heteroatoms. The quantitative estimate of drug-likeness (QED) is 0.770. The number of carboxylic acids is 1. The van der Waals surface area contributed by atoms with Gasteiger partial charge in [-0.3, -0.25) is 4.79 Å². The van der Waals surface area contributed by atoms with Crippen molar-refractivity contribution >= 4 is 42.1 Å². The Balaban J connectivity index is 0.00000196. The molecule has 78 valence electrons. The van der Waals surface area contributed by atoms with E-state index < -0.39 is 17.8 Å². The van der Waals surface area contributed by atoms with Crippen LogP contribution < -0.4 is 5.32 Å². The van der Waals surface area contributed by atoms with Crippen molar-refractivity contribution in [3.63, 3.8) is 0 Å². The molecule has 0 aliphatic carbocycles. The SMILES string of the molecule is C[C@H](Nc1ccc(F)c(Cl)c1)C(=O)O.[LiH]. The number of carbonyl (C=O) groups is 1. The number of carboxylic acid groups (broad SMARTS) is 1. The molecule has 0 unspecified atom stereocenters. The first-order valence-corrected chi connectivity index (χ1v) is 4.33. The van der Waals surface area contributed by atoms with Crippen LogP contribution in [0.3, 0.4) is 0 Å². The predicted molar refractivity (Wildman–Crippen MR) is 59.3 cm³/mol. The van der Waals surface area contributed by atoms with Gasteiger partial charge in [0.1, 0.15) is 11.9 Å². The molecule has 0 spiro atoms. The third-order valence-corrected chi connectivity index (χ3v) is 1.96. The van der Waals surface area contributed by atoms with Crippen LogP contribution in [0.5, 0.6) is 0 Å². The zero-order chi connectivity index (χ0) is 10.7. The first-order chi connectivity index (χ1) is 6.50. The van der Waals surface area contributed by atoms with Crippen LogP contribution in [-0.4, -0.2) is 36.0 Å². The number of halogens is 2. The zero-order valence-corrected chi connectivity index (χ0v) is 8.18. The van der Waals surface area contributed by atoms with Gasteiger partial charge < -0.3 is 10.4 Å². The molecular formula is C9H10ClFLiNO2. The summed E-state index contributed by atoms with van der Waals surface area (Å²) in [4.78, 5) is 10.5. The molecular weight excluding hydrogens is 215 g/mol. The Kier molecular flexibility index (Phi) is 5.74. The van der Waals surface area contributed by atoms with Gasteiger partial charge in [0.2, 0.25) is 0 Å². The summed E-state index contributed by atoms with van der Waals surface area (Å²) in [5.74, 6) is -1.51. The molecule has 0 heterocycles. The maximum absolute atomic E-state index is 12.7. The van der Waals surface area contributed by atoms with Crippen LogP contribution in [-0.2, 0) is 4.79 Å². The van der Waals surface area contributed by atoms with E-state index in [-0.39, 0.29) is 23.9 Å². The molecule has 2 N–H and O–H groups in total. The van der Waals surface area contributed by atoms with Crippen molar-refractivity contribution in [2.24, 2.45) is 0 Å². The molecule has 0 amide bonds. The molecule has 1 aromatic carbocycles. The van der Waals surface area contributed by atoms with E-state index in [2.05, 4.69) is 5.32 Å². The fourth-order valence-corrected chi connectivity index (χ4v) is 1.08. The van der Waals surface area contributed by atoms with Gasteiger partial charge in [-0.15, -0.1) is 0 Å². The van der Waals surface area contributed by atoms with Crippen LogP contribution in [0.4, 0.5) is 10.1 Å². The normalized spacial score (nSPS) is 11.4. The van der Waals surface area contributed by atoms with E-state index in [1.54, 1.807) is 0 Å². The van der Waals surface area contributed by atoms with Crippen molar-refractivity contribution in [2.75, 3.05) is 5.32 Å². The first-order valence-electron chi connectivity index (χ1n) is 3.95.